The third-order valence-corrected chi connectivity index (χ3v) is 4.21. The largest absolute Gasteiger partial charge is 0.376 e. The van der Waals surface area contributed by atoms with Crippen molar-refractivity contribution in [2.75, 3.05) is 6.61 Å². The van der Waals surface area contributed by atoms with Crippen LogP contribution in [0.5, 0.6) is 0 Å². The molecule has 0 spiro atoms. The van der Waals surface area contributed by atoms with Gasteiger partial charge >= 0.3 is 0 Å². The molecule has 5 unspecified atom stereocenters. The molecule has 0 radical (unpaired) electrons. The summed E-state index contributed by atoms with van der Waals surface area (Å²) >= 11 is 0. The number of ether oxygens (including phenoxy) is 1. The number of carbonyl (C=O) groups excluding carboxylic acids is 1. The lowest BCUT2D eigenvalue weighted by molar-refractivity contribution is -0.128. The van der Waals surface area contributed by atoms with E-state index in [1.807, 2.05) is 6.92 Å². The summed E-state index contributed by atoms with van der Waals surface area (Å²) in [5.41, 5.74) is 6.06. The number of amides is 1. The van der Waals surface area contributed by atoms with Crippen LogP contribution < -0.4 is 11.1 Å². The fourth-order valence-corrected chi connectivity index (χ4v) is 2.92. The summed E-state index contributed by atoms with van der Waals surface area (Å²) in [5, 5.41) is 3.11. The lowest BCUT2D eigenvalue weighted by Crippen LogP contribution is -2.49. The highest BCUT2D eigenvalue weighted by molar-refractivity contribution is 5.80. The highest BCUT2D eigenvalue weighted by atomic mass is 16.5. The minimum absolute atomic E-state index is 0.00782. The van der Waals surface area contributed by atoms with Crippen molar-refractivity contribution in [3.63, 3.8) is 0 Å². The van der Waals surface area contributed by atoms with Gasteiger partial charge in [-0.3, -0.25) is 4.79 Å². The predicted octanol–water partition coefficient (Wildman–Crippen LogP) is 1.04. The van der Waals surface area contributed by atoms with Gasteiger partial charge in [-0.05, 0) is 38.5 Å². The van der Waals surface area contributed by atoms with Gasteiger partial charge in [0.1, 0.15) is 0 Å². The molecule has 1 heterocycles. The van der Waals surface area contributed by atoms with E-state index in [1.54, 1.807) is 0 Å². The van der Waals surface area contributed by atoms with Gasteiger partial charge in [-0.15, -0.1) is 0 Å². The molecule has 5 atom stereocenters. The Hall–Kier alpha value is -0.610. The first kappa shape index (κ1) is 12.8. The lowest BCUT2D eigenvalue weighted by atomic mass is 9.78. The number of nitrogens with two attached hydrogens (primary N) is 1. The van der Waals surface area contributed by atoms with Crippen LogP contribution >= 0.6 is 0 Å². The van der Waals surface area contributed by atoms with E-state index in [4.69, 9.17) is 10.5 Å². The minimum atomic E-state index is -0.00782. The van der Waals surface area contributed by atoms with Crippen molar-refractivity contribution >= 4 is 5.91 Å². The molecule has 1 saturated carbocycles. The number of hydrogen-bond acceptors (Lipinski definition) is 3. The van der Waals surface area contributed by atoms with Crippen molar-refractivity contribution in [2.24, 2.45) is 17.6 Å². The smallest absolute Gasteiger partial charge is 0.224 e. The van der Waals surface area contributed by atoms with Crippen molar-refractivity contribution in [3.8, 4) is 0 Å². The summed E-state index contributed by atoms with van der Waals surface area (Å²) in [6.45, 7) is 4.97. The maximum atomic E-state index is 12.2. The number of carbonyl (C=O) groups is 1. The first-order valence-corrected chi connectivity index (χ1v) is 6.75. The molecular formula is C13H24N2O2. The maximum Gasteiger partial charge on any atom is 0.224 e. The molecule has 0 aromatic heterocycles. The van der Waals surface area contributed by atoms with E-state index < -0.39 is 0 Å². The highest BCUT2D eigenvalue weighted by Crippen LogP contribution is 2.28. The van der Waals surface area contributed by atoms with Gasteiger partial charge in [0.05, 0.1) is 18.1 Å². The molecule has 1 aliphatic carbocycles. The van der Waals surface area contributed by atoms with Gasteiger partial charge in [0.25, 0.3) is 0 Å². The Bertz CT molecular complexity index is 283. The summed E-state index contributed by atoms with van der Waals surface area (Å²) in [4.78, 5) is 12.2. The van der Waals surface area contributed by atoms with Crippen molar-refractivity contribution in [2.45, 2.75) is 57.7 Å². The quantitative estimate of drug-likeness (QED) is 0.758. The molecule has 4 heteroatoms. The zero-order valence-electron chi connectivity index (χ0n) is 10.8. The van der Waals surface area contributed by atoms with Gasteiger partial charge < -0.3 is 15.8 Å². The molecule has 98 valence electrons. The van der Waals surface area contributed by atoms with Crippen LogP contribution in [0.1, 0.15) is 39.5 Å². The van der Waals surface area contributed by atoms with Gasteiger partial charge in [0.15, 0.2) is 0 Å². The highest BCUT2D eigenvalue weighted by Gasteiger charge is 2.34. The second-order valence-electron chi connectivity index (χ2n) is 5.67. The van der Waals surface area contributed by atoms with E-state index in [0.717, 1.165) is 32.3 Å². The molecule has 2 fully saturated rings. The van der Waals surface area contributed by atoms with Gasteiger partial charge in [0, 0.05) is 12.6 Å². The van der Waals surface area contributed by atoms with Crippen LogP contribution in [0.3, 0.4) is 0 Å². The maximum absolute atomic E-state index is 12.2. The van der Waals surface area contributed by atoms with E-state index in [2.05, 4.69) is 12.2 Å². The van der Waals surface area contributed by atoms with Crippen molar-refractivity contribution < 1.29 is 9.53 Å². The third-order valence-electron chi connectivity index (χ3n) is 4.21. The average Bonchev–Trinajstić information content (AvgIpc) is 2.68. The second kappa shape index (κ2) is 5.36. The van der Waals surface area contributed by atoms with E-state index in [1.165, 1.54) is 0 Å². The van der Waals surface area contributed by atoms with Crippen LogP contribution in [0.15, 0.2) is 0 Å². The van der Waals surface area contributed by atoms with Gasteiger partial charge in [0.2, 0.25) is 5.91 Å². The molecular weight excluding hydrogens is 216 g/mol. The van der Waals surface area contributed by atoms with Crippen molar-refractivity contribution in [1.29, 1.82) is 0 Å². The second-order valence-corrected chi connectivity index (χ2v) is 5.67. The van der Waals surface area contributed by atoms with Gasteiger partial charge in [-0.25, -0.2) is 0 Å². The van der Waals surface area contributed by atoms with Crippen LogP contribution in [-0.4, -0.2) is 30.7 Å². The summed E-state index contributed by atoms with van der Waals surface area (Å²) in [6, 6.07) is 0.204. The topological polar surface area (TPSA) is 64.4 Å². The predicted molar refractivity (Wildman–Crippen MR) is 66.4 cm³/mol. The van der Waals surface area contributed by atoms with E-state index in [-0.39, 0.29) is 30.0 Å². The average molecular weight is 240 g/mol. The first-order valence-electron chi connectivity index (χ1n) is 6.75. The number of nitrogens with one attached hydrogen (secondary N) is 1. The standard InChI is InChI=1S/C13H24N2O2/c1-8-3-4-11(14)10(7-8)13(16)15-12-5-6-17-9(12)2/h8-12H,3-7,14H2,1-2H3,(H,15,16). The Labute approximate surface area is 103 Å². The summed E-state index contributed by atoms with van der Waals surface area (Å²) in [6.07, 6.45) is 4.10. The normalized spacial score (nSPS) is 42.4. The zero-order chi connectivity index (χ0) is 12.4. The summed E-state index contributed by atoms with van der Waals surface area (Å²) < 4.78 is 5.46. The monoisotopic (exact) mass is 240 g/mol. The Kier molecular flexibility index (Phi) is 4.05. The van der Waals surface area contributed by atoms with Crippen LogP contribution in [0, 0.1) is 11.8 Å². The number of rotatable bonds is 2. The first-order chi connectivity index (χ1) is 8.08. The Morgan fingerprint density at radius 1 is 1.29 bits per heavy atom. The molecule has 2 aliphatic rings. The van der Waals surface area contributed by atoms with Crippen LogP contribution in [0.25, 0.3) is 0 Å². The molecule has 1 saturated heterocycles. The molecule has 0 bridgehead atoms. The Morgan fingerprint density at radius 3 is 2.71 bits per heavy atom. The lowest BCUT2D eigenvalue weighted by Gasteiger charge is -2.32. The van der Waals surface area contributed by atoms with Crippen molar-refractivity contribution in [1.82, 2.24) is 5.32 Å². The molecule has 2 rings (SSSR count). The Morgan fingerprint density at radius 2 is 2.06 bits per heavy atom. The van der Waals surface area contributed by atoms with E-state index >= 15 is 0 Å². The van der Waals surface area contributed by atoms with E-state index in [0.29, 0.717) is 5.92 Å². The van der Waals surface area contributed by atoms with Crippen LogP contribution in [0.2, 0.25) is 0 Å². The number of hydrogen-bond donors (Lipinski definition) is 2. The minimum Gasteiger partial charge on any atom is -0.376 e. The van der Waals surface area contributed by atoms with Gasteiger partial charge in [-0.2, -0.15) is 0 Å². The molecule has 0 aromatic rings. The Balaban J connectivity index is 1.89. The molecule has 3 N–H and O–H groups in total. The zero-order valence-corrected chi connectivity index (χ0v) is 10.8. The van der Waals surface area contributed by atoms with Crippen LogP contribution in [-0.2, 0) is 9.53 Å². The van der Waals surface area contributed by atoms with Crippen molar-refractivity contribution in [3.05, 3.63) is 0 Å². The van der Waals surface area contributed by atoms with E-state index in [9.17, 15) is 4.79 Å². The molecule has 17 heavy (non-hydrogen) atoms. The fraction of sp³-hybridized carbons (Fsp3) is 0.923. The fourth-order valence-electron chi connectivity index (χ4n) is 2.92. The summed E-state index contributed by atoms with van der Waals surface area (Å²) in [7, 11) is 0. The summed E-state index contributed by atoms with van der Waals surface area (Å²) in [5.74, 6) is 0.737. The SMILES string of the molecule is CC1CCC(N)C(C(=O)NC2CCOC2C)C1. The third kappa shape index (κ3) is 2.99. The molecule has 0 aromatic carbocycles. The molecule has 1 amide bonds. The van der Waals surface area contributed by atoms with Gasteiger partial charge in [-0.1, -0.05) is 6.92 Å². The van der Waals surface area contributed by atoms with Crippen LogP contribution in [0.4, 0.5) is 0 Å². The molecule has 1 aliphatic heterocycles. The molecule has 4 nitrogen and oxygen atoms in total.